The fraction of sp³-hybridized carbons (Fsp3) is 0.250. The molecule has 2 heterocycles. The third-order valence-corrected chi connectivity index (χ3v) is 4.41. The topological polar surface area (TPSA) is 100 Å². The molecule has 1 aliphatic heterocycles. The van der Waals surface area contributed by atoms with Gasteiger partial charge in [-0.1, -0.05) is 12.1 Å². The van der Waals surface area contributed by atoms with Gasteiger partial charge in [0.05, 0.1) is 11.3 Å². The first-order valence-electron chi connectivity index (χ1n) is 7.46. The van der Waals surface area contributed by atoms with E-state index in [1.807, 2.05) is 6.92 Å². The van der Waals surface area contributed by atoms with Gasteiger partial charge in [-0.05, 0) is 25.5 Å². The number of para-hydroxylation sites is 1. The Morgan fingerprint density at radius 3 is 2.88 bits per heavy atom. The van der Waals surface area contributed by atoms with Crippen LogP contribution in [0, 0.1) is 6.92 Å². The lowest BCUT2D eigenvalue weighted by Gasteiger charge is -2.13. The molecule has 2 aromatic rings. The predicted molar refractivity (Wildman–Crippen MR) is 91.0 cm³/mol. The summed E-state index contributed by atoms with van der Waals surface area (Å²) in [5.41, 5.74) is 0.890. The highest BCUT2D eigenvalue weighted by Crippen LogP contribution is 2.20. The normalized spacial score (nSPS) is 16.6. The number of nitrogens with one attached hydrogen (secondary N) is 3. The second-order valence-corrected chi connectivity index (χ2v) is 6.66. The number of hydrogen-bond acceptors (Lipinski definition) is 5. The van der Waals surface area contributed by atoms with Crippen LogP contribution in [0.1, 0.15) is 28.1 Å². The van der Waals surface area contributed by atoms with Crippen LogP contribution in [0.25, 0.3) is 0 Å². The number of anilines is 2. The number of rotatable bonds is 4. The molecule has 3 N–H and O–H groups in total. The van der Waals surface area contributed by atoms with E-state index >= 15 is 0 Å². The highest BCUT2D eigenvalue weighted by molar-refractivity contribution is 7.15. The summed E-state index contributed by atoms with van der Waals surface area (Å²) in [5.74, 6) is -0.899. The van der Waals surface area contributed by atoms with E-state index in [-0.39, 0.29) is 30.6 Å². The lowest BCUT2D eigenvalue weighted by Crippen LogP contribution is -2.41. The van der Waals surface area contributed by atoms with E-state index in [1.165, 1.54) is 11.3 Å². The molecule has 1 aliphatic rings. The van der Waals surface area contributed by atoms with E-state index in [2.05, 4.69) is 20.9 Å². The number of nitrogens with zero attached hydrogens (tertiary/aromatic N) is 1. The van der Waals surface area contributed by atoms with Gasteiger partial charge in [-0.3, -0.25) is 14.4 Å². The number of aryl methyl sites for hydroxylation is 1. The van der Waals surface area contributed by atoms with Crippen molar-refractivity contribution < 1.29 is 14.4 Å². The molecule has 0 saturated carbocycles. The monoisotopic (exact) mass is 344 g/mol. The molecule has 0 bridgehead atoms. The quantitative estimate of drug-likeness (QED) is 0.789. The molecule has 24 heavy (non-hydrogen) atoms. The van der Waals surface area contributed by atoms with Gasteiger partial charge in [-0.25, -0.2) is 4.98 Å². The van der Waals surface area contributed by atoms with Crippen molar-refractivity contribution in [2.75, 3.05) is 10.6 Å². The summed E-state index contributed by atoms with van der Waals surface area (Å²) < 4.78 is 0. The first kappa shape index (κ1) is 16.1. The second kappa shape index (κ2) is 6.79. The Kier molecular flexibility index (Phi) is 4.57. The zero-order valence-corrected chi connectivity index (χ0v) is 13.8. The average molecular weight is 344 g/mol. The predicted octanol–water partition coefficient (Wildman–Crippen LogP) is 1.92. The summed E-state index contributed by atoms with van der Waals surface area (Å²) in [6.45, 7) is 1.90. The fourth-order valence-corrected chi connectivity index (χ4v) is 3.07. The van der Waals surface area contributed by atoms with Gasteiger partial charge >= 0.3 is 0 Å². The summed E-state index contributed by atoms with van der Waals surface area (Å²) in [6, 6.07) is 6.04. The number of carbonyl (C=O) groups excluding carboxylic acids is 3. The Bertz CT molecular complexity index is 802. The molecule has 0 radical (unpaired) electrons. The van der Waals surface area contributed by atoms with E-state index in [0.717, 1.165) is 4.88 Å². The number of carbonyl (C=O) groups is 3. The minimum Gasteiger partial charge on any atom is -0.340 e. The summed E-state index contributed by atoms with van der Waals surface area (Å²) >= 11 is 1.38. The summed E-state index contributed by atoms with van der Waals surface area (Å²) in [6.07, 6.45) is 1.99. The average Bonchev–Trinajstić information content (AvgIpc) is 2.91. The van der Waals surface area contributed by atoms with Crippen molar-refractivity contribution in [1.29, 1.82) is 0 Å². The third-order valence-electron chi connectivity index (χ3n) is 3.58. The van der Waals surface area contributed by atoms with Crippen LogP contribution >= 0.6 is 11.3 Å². The number of hydrogen-bond donors (Lipinski definition) is 3. The van der Waals surface area contributed by atoms with E-state index in [4.69, 9.17) is 0 Å². The molecule has 8 heteroatoms. The SMILES string of the molecule is Cc1cnc(NC(=O)CC[C@H]2NC(=O)c3ccccc3NC2=O)s1. The summed E-state index contributed by atoms with van der Waals surface area (Å²) in [5, 5.41) is 8.59. The number of thiazole rings is 1. The molecule has 0 spiro atoms. The molecule has 0 unspecified atom stereocenters. The molecule has 7 nitrogen and oxygen atoms in total. The zero-order valence-electron chi connectivity index (χ0n) is 13.0. The van der Waals surface area contributed by atoms with Crippen LogP contribution in [-0.2, 0) is 9.59 Å². The molecule has 1 aromatic carbocycles. The van der Waals surface area contributed by atoms with Crippen LogP contribution in [0.2, 0.25) is 0 Å². The molecule has 1 atom stereocenters. The molecular weight excluding hydrogens is 328 g/mol. The Hall–Kier alpha value is -2.74. The van der Waals surface area contributed by atoms with Gasteiger partial charge in [0.2, 0.25) is 11.8 Å². The van der Waals surface area contributed by atoms with E-state index in [0.29, 0.717) is 16.4 Å². The van der Waals surface area contributed by atoms with Crippen LogP contribution in [0.3, 0.4) is 0 Å². The van der Waals surface area contributed by atoms with E-state index in [1.54, 1.807) is 30.5 Å². The van der Waals surface area contributed by atoms with Gasteiger partial charge in [-0.15, -0.1) is 11.3 Å². The number of aromatic nitrogens is 1. The Labute approximate surface area is 142 Å². The van der Waals surface area contributed by atoms with Crippen molar-refractivity contribution in [2.45, 2.75) is 25.8 Å². The lowest BCUT2D eigenvalue weighted by atomic mass is 10.1. The fourth-order valence-electron chi connectivity index (χ4n) is 2.38. The Balaban J connectivity index is 1.60. The van der Waals surface area contributed by atoms with Gasteiger partial charge < -0.3 is 16.0 Å². The largest absolute Gasteiger partial charge is 0.340 e. The van der Waals surface area contributed by atoms with Gasteiger partial charge in [-0.2, -0.15) is 0 Å². The van der Waals surface area contributed by atoms with Crippen molar-refractivity contribution in [3.63, 3.8) is 0 Å². The zero-order chi connectivity index (χ0) is 17.1. The van der Waals surface area contributed by atoms with Gasteiger partial charge in [0.1, 0.15) is 6.04 Å². The maximum Gasteiger partial charge on any atom is 0.254 e. The van der Waals surface area contributed by atoms with Crippen LogP contribution < -0.4 is 16.0 Å². The number of amides is 3. The van der Waals surface area contributed by atoms with E-state index < -0.39 is 6.04 Å². The third kappa shape index (κ3) is 3.60. The molecule has 0 aliphatic carbocycles. The van der Waals surface area contributed by atoms with Crippen molar-refractivity contribution >= 4 is 39.9 Å². The standard InChI is InChI=1S/C16H16N4O3S/c1-9-8-17-16(24-9)20-13(21)7-6-12-15(23)18-11-5-3-2-4-10(11)14(22)19-12/h2-5,8,12H,6-7H2,1H3,(H,18,23)(H,19,22)(H,17,20,21)/t12-/m1/s1. The Morgan fingerprint density at radius 2 is 2.12 bits per heavy atom. The maximum atomic E-state index is 12.2. The highest BCUT2D eigenvalue weighted by Gasteiger charge is 2.27. The lowest BCUT2D eigenvalue weighted by molar-refractivity contribution is -0.118. The molecule has 0 saturated heterocycles. The van der Waals surface area contributed by atoms with E-state index in [9.17, 15) is 14.4 Å². The number of fused-ring (bicyclic) bond motifs is 1. The van der Waals surface area contributed by atoms with Crippen molar-refractivity contribution in [3.05, 3.63) is 40.9 Å². The van der Waals surface area contributed by atoms with Gasteiger partial charge in [0.15, 0.2) is 5.13 Å². The van der Waals surface area contributed by atoms with Crippen molar-refractivity contribution in [2.24, 2.45) is 0 Å². The second-order valence-electron chi connectivity index (χ2n) is 5.42. The first-order valence-corrected chi connectivity index (χ1v) is 8.27. The van der Waals surface area contributed by atoms with Gasteiger partial charge in [0, 0.05) is 17.5 Å². The minimum atomic E-state index is -0.756. The molecule has 3 rings (SSSR count). The maximum absolute atomic E-state index is 12.2. The molecule has 0 fully saturated rings. The van der Waals surface area contributed by atoms with Crippen LogP contribution in [0.15, 0.2) is 30.5 Å². The van der Waals surface area contributed by atoms with Crippen LogP contribution in [0.5, 0.6) is 0 Å². The minimum absolute atomic E-state index is 0.105. The highest BCUT2D eigenvalue weighted by atomic mass is 32.1. The number of benzene rings is 1. The molecule has 1 aromatic heterocycles. The molecular formula is C16H16N4O3S. The van der Waals surface area contributed by atoms with Crippen molar-refractivity contribution in [3.8, 4) is 0 Å². The van der Waals surface area contributed by atoms with Crippen molar-refractivity contribution in [1.82, 2.24) is 10.3 Å². The first-order chi connectivity index (χ1) is 11.5. The molecule has 3 amide bonds. The van der Waals surface area contributed by atoms with Gasteiger partial charge in [0.25, 0.3) is 5.91 Å². The smallest absolute Gasteiger partial charge is 0.254 e. The van der Waals surface area contributed by atoms with Crippen LogP contribution in [0.4, 0.5) is 10.8 Å². The molecule has 124 valence electrons. The van der Waals surface area contributed by atoms with Crippen LogP contribution in [-0.4, -0.2) is 28.7 Å². The Morgan fingerprint density at radius 1 is 1.33 bits per heavy atom. The summed E-state index contributed by atoms with van der Waals surface area (Å²) in [7, 11) is 0. The summed E-state index contributed by atoms with van der Waals surface area (Å²) in [4.78, 5) is 41.4.